The Morgan fingerprint density at radius 1 is 1.18 bits per heavy atom. The van der Waals surface area contributed by atoms with Gasteiger partial charge in [-0.3, -0.25) is 9.88 Å². The SMILES string of the molecule is CN1CCCC1c1cncc(-c2ccccc2C(F)(F)F)c1. The van der Waals surface area contributed by atoms with E-state index in [-0.39, 0.29) is 11.6 Å². The Kier molecular flexibility index (Phi) is 3.91. The van der Waals surface area contributed by atoms with Crippen LogP contribution in [0.15, 0.2) is 42.7 Å². The van der Waals surface area contributed by atoms with Crippen molar-refractivity contribution in [2.24, 2.45) is 0 Å². The van der Waals surface area contributed by atoms with Crippen molar-refractivity contribution >= 4 is 0 Å². The van der Waals surface area contributed by atoms with Gasteiger partial charge < -0.3 is 0 Å². The van der Waals surface area contributed by atoms with E-state index in [4.69, 9.17) is 0 Å². The average Bonchev–Trinajstić information content (AvgIpc) is 2.93. The fourth-order valence-corrected chi connectivity index (χ4v) is 3.10. The lowest BCUT2D eigenvalue weighted by atomic mass is 9.97. The van der Waals surface area contributed by atoms with E-state index >= 15 is 0 Å². The van der Waals surface area contributed by atoms with Crippen molar-refractivity contribution in [1.82, 2.24) is 9.88 Å². The molecule has 5 heteroatoms. The first-order valence-electron chi connectivity index (χ1n) is 7.28. The molecule has 0 amide bonds. The van der Waals surface area contributed by atoms with Gasteiger partial charge in [-0.25, -0.2) is 0 Å². The van der Waals surface area contributed by atoms with E-state index in [0.29, 0.717) is 5.56 Å². The minimum Gasteiger partial charge on any atom is -0.299 e. The van der Waals surface area contributed by atoms with Crippen molar-refractivity contribution in [3.8, 4) is 11.1 Å². The summed E-state index contributed by atoms with van der Waals surface area (Å²) in [6.45, 7) is 1.01. The van der Waals surface area contributed by atoms with Crippen molar-refractivity contribution < 1.29 is 13.2 Å². The van der Waals surface area contributed by atoms with Gasteiger partial charge in [-0.1, -0.05) is 18.2 Å². The number of hydrogen-bond acceptors (Lipinski definition) is 2. The van der Waals surface area contributed by atoms with E-state index in [1.54, 1.807) is 12.3 Å². The second-order valence-electron chi connectivity index (χ2n) is 5.69. The molecular weight excluding hydrogens is 289 g/mol. The Hall–Kier alpha value is -1.88. The molecule has 2 nitrogen and oxygen atoms in total. The standard InChI is InChI=1S/C17H17F3N2/c1-22-8-4-7-16(22)13-9-12(10-21-11-13)14-5-2-3-6-15(14)17(18,19)20/h2-3,5-6,9-11,16H,4,7-8H2,1H3. The molecule has 1 aromatic carbocycles. The molecule has 0 spiro atoms. The van der Waals surface area contributed by atoms with Crippen LogP contribution in [0.5, 0.6) is 0 Å². The largest absolute Gasteiger partial charge is 0.417 e. The maximum Gasteiger partial charge on any atom is 0.417 e. The molecule has 0 aliphatic carbocycles. The highest BCUT2D eigenvalue weighted by molar-refractivity contribution is 5.67. The number of alkyl halides is 3. The summed E-state index contributed by atoms with van der Waals surface area (Å²) in [5.41, 5.74) is 1.07. The normalized spacial score (nSPS) is 19.5. The highest BCUT2D eigenvalue weighted by Gasteiger charge is 2.33. The molecule has 1 unspecified atom stereocenters. The van der Waals surface area contributed by atoms with Crippen LogP contribution < -0.4 is 0 Å². The topological polar surface area (TPSA) is 16.1 Å². The summed E-state index contributed by atoms with van der Waals surface area (Å²) in [7, 11) is 2.04. The fourth-order valence-electron chi connectivity index (χ4n) is 3.10. The quantitative estimate of drug-likeness (QED) is 0.810. The van der Waals surface area contributed by atoms with Crippen LogP contribution in [0, 0.1) is 0 Å². The van der Waals surface area contributed by atoms with Gasteiger partial charge in [0.05, 0.1) is 5.56 Å². The lowest BCUT2D eigenvalue weighted by molar-refractivity contribution is -0.137. The van der Waals surface area contributed by atoms with Gasteiger partial charge in [-0.05, 0) is 49.7 Å². The van der Waals surface area contributed by atoms with E-state index < -0.39 is 11.7 Å². The minimum absolute atomic E-state index is 0.185. The van der Waals surface area contributed by atoms with Gasteiger partial charge in [0.25, 0.3) is 0 Å². The van der Waals surface area contributed by atoms with Gasteiger partial charge in [0, 0.05) is 24.0 Å². The lowest BCUT2D eigenvalue weighted by Crippen LogP contribution is -2.17. The molecule has 1 aromatic heterocycles. The first-order chi connectivity index (χ1) is 10.5. The van der Waals surface area contributed by atoms with Gasteiger partial charge in [-0.15, -0.1) is 0 Å². The van der Waals surface area contributed by atoms with Crippen LogP contribution in [-0.4, -0.2) is 23.5 Å². The fraction of sp³-hybridized carbons (Fsp3) is 0.353. The van der Waals surface area contributed by atoms with Gasteiger partial charge in [-0.2, -0.15) is 13.2 Å². The van der Waals surface area contributed by atoms with E-state index in [1.165, 1.54) is 18.3 Å². The van der Waals surface area contributed by atoms with Crippen molar-refractivity contribution in [2.45, 2.75) is 25.1 Å². The second kappa shape index (κ2) is 5.72. The zero-order valence-corrected chi connectivity index (χ0v) is 12.3. The predicted molar refractivity (Wildman–Crippen MR) is 79.3 cm³/mol. The molecule has 0 N–H and O–H groups in total. The molecule has 1 aliphatic rings. The van der Waals surface area contributed by atoms with E-state index in [0.717, 1.165) is 31.0 Å². The third-order valence-corrected chi connectivity index (χ3v) is 4.21. The van der Waals surface area contributed by atoms with Crippen molar-refractivity contribution in [3.63, 3.8) is 0 Å². The van der Waals surface area contributed by atoms with Gasteiger partial charge >= 0.3 is 6.18 Å². The van der Waals surface area contributed by atoms with Gasteiger partial charge in [0.15, 0.2) is 0 Å². The molecule has 0 saturated carbocycles. The lowest BCUT2D eigenvalue weighted by Gasteiger charge is -2.20. The molecule has 116 valence electrons. The molecule has 1 aliphatic heterocycles. The maximum absolute atomic E-state index is 13.2. The van der Waals surface area contributed by atoms with Crippen LogP contribution in [0.4, 0.5) is 13.2 Å². The molecule has 1 fully saturated rings. The predicted octanol–water partition coefficient (Wildman–Crippen LogP) is 4.53. The first kappa shape index (κ1) is 15.0. The van der Waals surface area contributed by atoms with Crippen LogP contribution in [0.1, 0.15) is 30.0 Å². The molecule has 0 bridgehead atoms. The zero-order valence-electron chi connectivity index (χ0n) is 12.3. The molecular formula is C17H17F3N2. The molecule has 3 rings (SSSR count). The second-order valence-corrected chi connectivity index (χ2v) is 5.69. The molecule has 22 heavy (non-hydrogen) atoms. The molecule has 2 aromatic rings. The molecule has 2 heterocycles. The number of pyridine rings is 1. The van der Waals surface area contributed by atoms with Gasteiger partial charge in [0.1, 0.15) is 0 Å². The van der Waals surface area contributed by atoms with Crippen LogP contribution in [-0.2, 0) is 6.18 Å². The number of nitrogens with zero attached hydrogens (tertiary/aromatic N) is 2. The summed E-state index contributed by atoms with van der Waals surface area (Å²) in [6, 6.07) is 7.73. The Morgan fingerprint density at radius 3 is 2.64 bits per heavy atom. The van der Waals surface area contributed by atoms with Crippen molar-refractivity contribution in [1.29, 1.82) is 0 Å². The summed E-state index contributed by atoms with van der Waals surface area (Å²) < 4.78 is 39.5. The number of rotatable bonds is 2. The Labute approximate surface area is 127 Å². The maximum atomic E-state index is 13.2. The number of benzene rings is 1. The van der Waals surface area contributed by atoms with E-state index in [9.17, 15) is 13.2 Å². The van der Waals surface area contributed by atoms with E-state index in [2.05, 4.69) is 9.88 Å². The number of halogens is 3. The third kappa shape index (κ3) is 2.86. The summed E-state index contributed by atoms with van der Waals surface area (Å²) in [6.07, 6.45) is 1.01. The third-order valence-electron chi connectivity index (χ3n) is 4.21. The highest BCUT2D eigenvalue weighted by atomic mass is 19.4. The number of likely N-dealkylation sites (tertiary alicyclic amines) is 1. The van der Waals surface area contributed by atoms with Crippen LogP contribution in [0.25, 0.3) is 11.1 Å². The van der Waals surface area contributed by atoms with Crippen LogP contribution in [0.2, 0.25) is 0 Å². The average molecular weight is 306 g/mol. The van der Waals surface area contributed by atoms with Crippen LogP contribution >= 0.6 is 0 Å². The first-order valence-corrected chi connectivity index (χ1v) is 7.28. The summed E-state index contributed by atoms with van der Waals surface area (Å²) in [4.78, 5) is 6.39. The van der Waals surface area contributed by atoms with Crippen molar-refractivity contribution in [2.75, 3.05) is 13.6 Å². The van der Waals surface area contributed by atoms with Crippen LogP contribution in [0.3, 0.4) is 0 Å². The monoisotopic (exact) mass is 306 g/mol. The number of aromatic nitrogens is 1. The summed E-state index contributed by atoms with van der Waals surface area (Å²) in [5, 5.41) is 0. The summed E-state index contributed by atoms with van der Waals surface area (Å²) in [5.74, 6) is 0. The molecule has 1 saturated heterocycles. The Morgan fingerprint density at radius 2 is 1.95 bits per heavy atom. The smallest absolute Gasteiger partial charge is 0.299 e. The Balaban J connectivity index is 2.03. The number of hydrogen-bond donors (Lipinski definition) is 0. The van der Waals surface area contributed by atoms with E-state index in [1.807, 2.05) is 13.1 Å². The van der Waals surface area contributed by atoms with Crippen molar-refractivity contribution in [3.05, 3.63) is 53.9 Å². The zero-order chi connectivity index (χ0) is 15.7. The molecule has 0 radical (unpaired) electrons. The Bertz CT molecular complexity index is 667. The minimum atomic E-state index is -4.36. The summed E-state index contributed by atoms with van der Waals surface area (Å²) >= 11 is 0. The highest BCUT2D eigenvalue weighted by Crippen LogP contribution is 2.38. The van der Waals surface area contributed by atoms with Gasteiger partial charge in [0.2, 0.25) is 0 Å². The molecule has 1 atom stereocenters.